The fraction of sp³-hybridized carbons (Fsp3) is 0.440. The van der Waals surface area contributed by atoms with Gasteiger partial charge in [-0.15, -0.1) is 11.3 Å². The van der Waals surface area contributed by atoms with Crippen LogP contribution in [0.25, 0.3) is 10.6 Å². The van der Waals surface area contributed by atoms with Gasteiger partial charge >= 0.3 is 6.18 Å². The highest BCUT2D eigenvalue weighted by Gasteiger charge is 2.41. The Kier molecular flexibility index (Phi) is 6.93. The van der Waals surface area contributed by atoms with E-state index in [0.717, 1.165) is 17.3 Å². The zero-order valence-corrected chi connectivity index (χ0v) is 22.2. The van der Waals surface area contributed by atoms with Gasteiger partial charge in [-0.3, -0.25) is 9.69 Å². The van der Waals surface area contributed by atoms with Crippen LogP contribution in [0.4, 0.5) is 18.9 Å². The molecule has 0 radical (unpaired) electrons. The van der Waals surface area contributed by atoms with E-state index < -0.39 is 34.0 Å². The van der Waals surface area contributed by atoms with Gasteiger partial charge in [-0.1, -0.05) is 6.07 Å². The van der Waals surface area contributed by atoms with Crippen LogP contribution in [0.3, 0.4) is 0 Å². The molecule has 0 aliphatic carbocycles. The van der Waals surface area contributed by atoms with Gasteiger partial charge in [0.15, 0.2) is 11.9 Å². The third kappa shape index (κ3) is 5.26. The van der Waals surface area contributed by atoms with E-state index in [1.54, 1.807) is 25.3 Å². The van der Waals surface area contributed by atoms with Crippen molar-refractivity contribution in [1.82, 2.24) is 15.0 Å². The van der Waals surface area contributed by atoms with Crippen LogP contribution in [0.2, 0.25) is 0 Å². The van der Waals surface area contributed by atoms with Gasteiger partial charge in [0.2, 0.25) is 5.82 Å². The van der Waals surface area contributed by atoms with Crippen LogP contribution in [0, 0.1) is 12.8 Å². The van der Waals surface area contributed by atoms with Crippen molar-refractivity contribution in [3.8, 4) is 16.3 Å². The number of hydrogen-bond donors (Lipinski definition) is 0. The van der Waals surface area contributed by atoms with E-state index in [0.29, 0.717) is 46.8 Å². The molecule has 2 aliphatic heterocycles. The van der Waals surface area contributed by atoms with Gasteiger partial charge in [0, 0.05) is 29.0 Å². The standard InChI is InChI=1S/C25H25F3N4O4S2/c1-14-11-29-22(37-14)18-4-3-5-19-21(18)36-20(10-16-6-8-38(34,35)9-7-16)23(33)32(19)15(2)17-12-30-24(31-13-17)25(26,27)28/h3-5,11-13,15-16,20H,6-10H2,1-2H3. The average Bonchev–Trinajstić information content (AvgIpc) is 3.30. The molecule has 3 aromatic rings. The monoisotopic (exact) mass is 566 g/mol. The Morgan fingerprint density at radius 1 is 1.13 bits per heavy atom. The summed E-state index contributed by atoms with van der Waals surface area (Å²) in [6.45, 7) is 3.63. The van der Waals surface area contributed by atoms with E-state index in [4.69, 9.17) is 4.74 Å². The summed E-state index contributed by atoms with van der Waals surface area (Å²) in [6, 6.07) is 4.65. The molecule has 2 aliphatic rings. The van der Waals surface area contributed by atoms with Crippen molar-refractivity contribution in [2.24, 2.45) is 5.92 Å². The van der Waals surface area contributed by atoms with Crippen LogP contribution >= 0.6 is 11.3 Å². The van der Waals surface area contributed by atoms with Gasteiger partial charge in [-0.25, -0.2) is 23.4 Å². The lowest BCUT2D eigenvalue weighted by Crippen LogP contribution is -2.48. The molecule has 8 nitrogen and oxygen atoms in total. The molecule has 5 rings (SSSR count). The van der Waals surface area contributed by atoms with Crippen molar-refractivity contribution in [3.05, 3.63) is 53.1 Å². The minimum Gasteiger partial charge on any atom is -0.478 e. The SMILES string of the molecule is Cc1cnc(-c2cccc3c2OC(CC2CCS(=O)(=O)CC2)C(=O)N3C(C)c2cnc(C(F)(F)F)nc2)s1. The van der Waals surface area contributed by atoms with E-state index in [1.165, 1.54) is 16.2 Å². The average molecular weight is 567 g/mol. The van der Waals surface area contributed by atoms with Crippen molar-refractivity contribution in [3.63, 3.8) is 0 Å². The molecule has 1 aromatic carbocycles. The summed E-state index contributed by atoms with van der Waals surface area (Å²) in [5, 5.41) is 0.710. The van der Waals surface area contributed by atoms with Gasteiger partial charge in [-0.2, -0.15) is 13.2 Å². The van der Waals surface area contributed by atoms with Gasteiger partial charge < -0.3 is 4.74 Å². The molecule has 0 spiro atoms. The molecular weight excluding hydrogens is 541 g/mol. The first-order chi connectivity index (χ1) is 17.9. The first-order valence-corrected chi connectivity index (χ1v) is 14.7. The summed E-state index contributed by atoms with van der Waals surface area (Å²) in [5.41, 5.74) is 1.50. The van der Waals surface area contributed by atoms with Gasteiger partial charge in [0.25, 0.3) is 5.91 Å². The minimum atomic E-state index is -4.68. The fourth-order valence-electron chi connectivity index (χ4n) is 4.83. The number of carbonyl (C=O) groups excluding carboxylic acids is 1. The second-order valence-electron chi connectivity index (χ2n) is 9.59. The Morgan fingerprint density at radius 3 is 2.42 bits per heavy atom. The summed E-state index contributed by atoms with van der Waals surface area (Å²) in [6.07, 6.45) is -0.457. The van der Waals surface area contributed by atoms with Crippen molar-refractivity contribution in [2.75, 3.05) is 16.4 Å². The van der Waals surface area contributed by atoms with E-state index in [1.807, 2.05) is 13.0 Å². The number of hydrogen-bond acceptors (Lipinski definition) is 8. The molecule has 1 amide bonds. The van der Waals surface area contributed by atoms with E-state index in [-0.39, 0.29) is 23.3 Å². The second kappa shape index (κ2) is 9.92. The molecule has 1 saturated heterocycles. The molecule has 2 unspecified atom stereocenters. The predicted octanol–water partition coefficient (Wildman–Crippen LogP) is 5.00. The van der Waals surface area contributed by atoms with E-state index >= 15 is 0 Å². The summed E-state index contributed by atoms with van der Waals surface area (Å²) in [5.74, 6) is -1.03. The fourth-order valence-corrected chi connectivity index (χ4v) is 7.20. The number of para-hydroxylation sites is 1. The number of alkyl halides is 3. The number of benzene rings is 1. The molecule has 0 saturated carbocycles. The first kappa shape index (κ1) is 26.5. The zero-order chi connectivity index (χ0) is 27.2. The molecule has 202 valence electrons. The van der Waals surface area contributed by atoms with Crippen molar-refractivity contribution < 1.29 is 31.1 Å². The molecule has 1 fully saturated rings. The second-order valence-corrected chi connectivity index (χ2v) is 13.1. The van der Waals surface area contributed by atoms with Crippen molar-refractivity contribution in [2.45, 2.75) is 51.4 Å². The number of aryl methyl sites for hydroxylation is 1. The number of amides is 1. The maximum Gasteiger partial charge on any atom is 0.451 e. The normalized spacial score (nSPS) is 20.6. The Hall–Kier alpha value is -3.06. The maximum absolute atomic E-state index is 13.8. The topological polar surface area (TPSA) is 102 Å². The van der Waals surface area contributed by atoms with Crippen molar-refractivity contribution >= 4 is 32.8 Å². The molecule has 2 atom stereocenters. The maximum atomic E-state index is 13.8. The number of halogens is 3. The van der Waals surface area contributed by atoms with E-state index in [2.05, 4.69) is 15.0 Å². The summed E-state index contributed by atoms with van der Waals surface area (Å²) in [4.78, 5) is 27.8. The molecule has 13 heteroatoms. The third-order valence-corrected chi connectivity index (χ3v) is 9.56. The van der Waals surface area contributed by atoms with Gasteiger partial charge in [-0.05, 0) is 51.2 Å². The number of rotatable bonds is 5. The molecule has 2 aromatic heterocycles. The predicted molar refractivity (Wildman–Crippen MR) is 136 cm³/mol. The smallest absolute Gasteiger partial charge is 0.451 e. The number of aromatic nitrogens is 3. The Balaban J connectivity index is 1.53. The lowest BCUT2D eigenvalue weighted by Gasteiger charge is -2.39. The van der Waals surface area contributed by atoms with Gasteiger partial charge in [0.1, 0.15) is 14.8 Å². The summed E-state index contributed by atoms with van der Waals surface area (Å²) >= 11 is 1.47. The van der Waals surface area contributed by atoms with Crippen LogP contribution in [-0.4, -0.2) is 46.9 Å². The number of thiazole rings is 1. The number of nitrogens with zero attached hydrogens (tertiary/aromatic N) is 4. The quantitative estimate of drug-likeness (QED) is 0.428. The van der Waals surface area contributed by atoms with Gasteiger partial charge in [0.05, 0.1) is 28.8 Å². The van der Waals surface area contributed by atoms with Crippen molar-refractivity contribution in [1.29, 1.82) is 0 Å². The molecule has 0 N–H and O–H groups in total. The zero-order valence-electron chi connectivity index (χ0n) is 20.6. The molecule has 4 heterocycles. The highest BCUT2D eigenvalue weighted by Crippen LogP contribution is 2.46. The first-order valence-electron chi connectivity index (χ1n) is 12.1. The number of fused-ring (bicyclic) bond motifs is 1. The van der Waals surface area contributed by atoms with Crippen LogP contribution < -0.4 is 9.64 Å². The lowest BCUT2D eigenvalue weighted by atomic mass is 9.93. The molecule has 38 heavy (non-hydrogen) atoms. The molecule has 0 bridgehead atoms. The van der Waals surface area contributed by atoms with Crippen LogP contribution in [0.5, 0.6) is 5.75 Å². The Morgan fingerprint density at radius 2 is 1.82 bits per heavy atom. The van der Waals surface area contributed by atoms with E-state index in [9.17, 15) is 26.4 Å². The minimum absolute atomic E-state index is 0.0187. The Labute approximate surface area is 221 Å². The number of ether oxygens (including phenoxy) is 1. The van der Waals surface area contributed by atoms with Crippen LogP contribution in [0.15, 0.2) is 36.8 Å². The lowest BCUT2D eigenvalue weighted by molar-refractivity contribution is -0.145. The largest absolute Gasteiger partial charge is 0.478 e. The highest BCUT2D eigenvalue weighted by atomic mass is 32.2. The summed E-state index contributed by atoms with van der Waals surface area (Å²) < 4.78 is 69.2. The third-order valence-electron chi connectivity index (χ3n) is 6.90. The number of sulfone groups is 1. The molecular formula is C25H25F3N4O4S2. The number of anilines is 1. The Bertz CT molecular complexity index is 1440. The van der Waals surface area contributed by atoms with Crippen LogP contribution in [-0.2, 0) is 20.8 Å². The summed E-state index contributed by atoms with van der Waals surface area (Å²) in [7, 11) is -3.07. The number of carbonyl (C=O) groups is 1. The highest BCUT2D eigenvalue weighted by molar-refractivity contribution is 7.91. The van der Waals surface area contributed by atoms with Crippen LogP contribution in [0.1, 0.15) is 48.5 Å².